The lowest BCUT2D eigenvalue weighted by Crippen LogP contribution is -2.14. The molecule has 1 amide bonds. The number of anilines is 1. The summed E-state index contributed by atoms with van der Waals surface area (Å²) in [6.07, 6.45) is 1.22. The molecular formula is C12H10ClF2N3O4S. The maximum Gasteiger partial charge on any atom is 0.387 e. The number of carbonyl (C=O) groups excluding carboxylic acids is 1. The van der Waals surface area contributed by atoms with Gasteiger partial charge in [-0.3, -0.25) is 14.3 Å². The average molecular weight is 366 g/mol. The molecule has 0 aliphatic rings. The van der Waals surface area contributed by atoms with Crippen molar-refractivity contribution < 1.29 is 26.9 Å². The summed E-state index contributed by atoms with van der Waals surface area (Å²) in [6.45, 7) is -1.58. The van der Waals surface area contributed by atoms with Gasteiger partial charge in [0.15, 0.2) is 0 Å². The average Bonchev–Trinajstić information content (AvgIpc) is 2.82. The summed E-state index contributed by atoms with van der Waals surface area (Å²) in [6, 6.07) is 2.09. The molecule has 0 radical (unpaired) electrons. The summed E-state index contributed by atoms with van der Waals surface area (Å²) in [4.78, 5) is 11.9. The number of alkyl halides is 2. The van der Waals surface area contributed by atoms with Gasteiger partial charge in [0.2, 0.25) is 5.89 Å². The summed E-state index contributed by atoms with van der Waals surface area (Å²) in [7, 11) is -1.76. The number of rotatable bonds is 5. The molecule has 1 heterocycles. The van der Waals surface area contributed by atoms with Crippen molar-refractivity contribution in [3.63, 3.8) is 0 Å². The van der Waals surface area contributed by atoms with Gasteiger partial charge in [-0.25, -0.2) is 0 Å². The van der Waals surface area contributed by atoms with Crippen LogP contribution in [0.2, 0.25) is 5.02 Å². The smallest absolute Gasteiger partial charge is 0.387 e. The molecular weight excluding hydrogens is 356 g/mol. The van der Waals surface area contributed by atoms with Crippen molar-refractivity contribution in [3.8, 4) is 5.75 Å². The monoisotopic (exact) mass is 365 g/mol. The Bertz CT molecular complexity index is 769. The molecule has 0 saturated carbocycles. The van der Waals surface area contributed by atoms with Gasteiger partial charge in [0.05, 0.1) is 21.4 Å². The first kappa shape index (κ1) is 17.3. The van der Waals surface area contributed by atoms with Crippen molar-refractivity contribution >= 4 is 34.3 Å². The number of halogens is 3. The number of hydrogen-bond donors (Lipinski definition) is 1. The van der Waals surface area contributed by atoms with Gasteiger partial charge in [-0.1, -0.05) is 16.7 Å². The Balaban J connectivity index is 2.37. The van der Waals surface area contributed by atoms with E-state index in [0.717, 1.165) is 12.1 Å². The molecule has 11 heteroatoms. The zero-order valence-corrected chi connectivity index (χ0v) is 13.4. The molecule has 0 aliphatic heterocycles. The Morgan fingerprint density at radius 3 is 2.65 bits per heavy atom. The Hall–Kier alpha value is -2.07. The Labute approximate surface area is 136 Å². The van der Waals surface area contributed by atoms with E-state index in [1.807, 2.05) is 0 Å². The fourth-order valence-electron chi connectivity index (χ4n) is 1.68. The van der Waals surface area contributed by atoms with Crippen LogP contribution in [0.5, 0.6) is 5.75 Å². The van der Waals surface area contributed by atoms with E-state index in [1.165, 1.54) is 13.2 Å². The van der Waals surface area contributed by atoms with Crippen LogP contribution in [0.1, 0.15) is 16.2 Å². The second-order valence-corrected chi connectivity index (χ2v) is 5.86. The summed E-state index contributed by atoms with van der Waals surface area (Å²) >= 11 is 6.01. The summed E-state index contributed by atoms with van der Waals surface area (Å²) in [5.74, 6) is -0.854. The fourth-order valence-corrected chi connectivity index (χ4v) is 3.01. The molecule has 1 unspecified atom stereocenters. The second-order valence-electron chi connectivity index (χ2n) is 4.17. The van der Waals surface area contributed by atoms with Crippen molar-refractivity contribution in [1.82, 2.24) is 10.2 Å². The van der Waals surface area contributed by atoms with Crippen LogP contribution in [0.4, 0.5) is 14.8 Å². The number of amides is 1. The first-order valence-corrected chi connectivity index (χ1v) is 7.95. The second kappa shape index (κ2) is 7.01. The molecule has 0 fully saturated rings. The minimum Gasteiger partial charge on any atom is -0.433 e. The van der Waals surface area contributed by atoms with Crippen molar-refractivity contribution in [1.29, 1.82) is 0 Å². The Morgan fingerprint density at radius 2 is 2.13 bits per heavy atom. The zero-order chi connectivity index (χ0) is 17.1. The van der Waals surface area contributed by atoms with Crippen LogP contribution in [0, 0.1) is 6.92 Å². The summed E-state index contributed by atoms with van der Waals surface area (Å²) in [5, 5.41) is 9.14. The minimum atomic E-state index is -3.12. The number of ether oxygens (including phenoxy) is 1. The molecule has 2 rings (SSSR count). The van der Waals surface area contributed by atoms with Gasteiger partial charge in [-0.2, -0.15) is 8.78 Å². The predicted octanol–water partition coefficient (Wildman–Crippen LogP) is 2.62. The van der Waals surface area contributed by atoms with E-state index in [-0.39, 0.29) is 33.1 Å². The minimum absolute atomic E-state index is 0.102. The van der Waals surface area contributed by atoms with Crippen LogP contribution in [-0.4, -0.2) is 33.2 Å². The first-order chi connectivity index (χ1) is 10.8. The van der Waals surface area contributed by atoms with E-state index in [4.69, 9.17) is 16.0 Å². The lowest BCUT2D eigenvalue weighted by molar-refractivity contribution is -0.0516. The number of nitrogens with zero attached hydrogens (tertiary/aromatic N) is 2. The number of nitrogens with one attached hydrogen (secondary N) is 1. The number of hydrogen-bond acceptors (Lipinski definition) is 6. The van der Waals surface area contributed by atoms with Gasteiger partial charge >= 0.3 is 12.6 Å². The van der Waals surface area contributed by atoms with Gasteiger partial charge in [-0.15, -0.1) is 5.10 Å². The zero-order valence-electron chi connectivity index (χ0n) is 11.8. The van der Waals surface area contributed by atoms with E-state index < -0.39 is 23.3 Å². The highest BCUT2D eigenvalue weighted by Gasteiger charge is 2.22. The molecule has 124 valence electrons. The third-order valence-electron chi connectivity index (χ3n) is 2.56. The van der Waals surface area contributed by atoms with Crippen molar-refractivity contribution in [2.75, 3.05) is 11.6 Å². The first-order valence-electron chi connectivity index (χ1n) is 6.01. The molecule has 1 atom stereocenters. The lowest BCUT2D eigenvalue weighted by atomic mass is 10.2. The highest BCUT2D eigenvalue weighted by Crippen LogP contribution is 2.34. The van der Waals surface area contributed by atoms with E-state index in [9.17, 15) is 17.8 Å². The standard InChI is InChI=1S/C12H10ClF2N3O4S/c1-5-17-18-12(21-5)16-10(19)6-3-4-7(22-11(14)15)9(8(6)13)23(2)20/h3-4,11H,1-2H3,(H,16,18,19). The lowest BCUT2D eigenvalue weighted by Gasteiger charge is -2.13. The SMILES string of the molecule is Cc1nnc(NC(=O)c2ccc(OC(F)F)c(S(C)=O)c2Cl)o1. The van der Waals surface area contributed by atoms with Crippen molar-refractivity contribution in [2.24, 2.45) is 0 Å². The van der Waals surface area contributed by atoms with Crippen LogP contribution in [0.25, 0.3) is 0 Å². The van der Waals surface area contributed by atoms with Crippen LogP contribution < -0.4 is 10.1 Å². The van der Waals surface area contributed by atoms with Gasteiger partial charge < -0.3 is 9.15 Å². The van der Waals surface area contributed by atoms with Crippen LogP contribution in [0.3, 0.4) is 0 Å². The molecule has 7 nitrogen and oxygen atoms in total. The van der Waals surface area contributed by atoms with Crippen molar-refractivity contribution in [2.45, 2.75) is 18.4 Å². The molecule has 0 saturated heterocycles. The molecule has 1 aromatic heterocycles. The van der Waals surface area contributed by atoms with E-state index in [2.05, 4.69) is 20.3 Å². The Kier molecular flexibility index (Phi) is 5.26. The van der Waals surface area contributed by atoms with E-state index >= 15 is 0 Å². The maximum absolute atomic E-state index is 12.4. The van der Waals surface area contributed by atoms with Crippen molar-refractivity contribution in [3.05, 3.63) is 28.6 Å². The molecule has 23 heavy (non-hydrogen) atoms. The van der Waals surface area contributed by atoms with Crippen LogP contribution in [0.15, 0.2) is 21.4 Å². The normalized spacial score (nSPS) is 12.3. The number of carbonyl (C=O) groups is 1. The molecule has 0 spiro atoms. The maximum atomic E-state index is 12.4. The van der Waals surface area contributed by atoms with E-state index in [0.29, 0.717) is 0 Å². The fraction of sp³-hybridized carbons (Fsp3) is 0.250. The number of benzene rings is 1. The topological polar surface area (TPSA) is 94.3 Å². The quantitative estimate of drug-likeness (QED) is 0.875. The molecule has 1 aromatic carbocycles. The number of aromatic nitrogens is 2. The third-order valence-corrected chi connectivity index (χ3v) is 4.04. The van der Waals surface area contributed by atoms with Crippen LogP contribution >= 0.6 is 11.6 Å². The molecule has 1 N–H and O–H groups in total. The predicted molar refractivity (Wildman–Crippen MR) is 77.4 cm³/mol. The third kappa shape index (κ3) is 4.02. The molecule has 0 bridgehead atoms. The summed E-state index contributed by atoms with van der Waals surface area (Å²) < 4.78 is 45.7. The highest BCUT2D eigenvalue weighted by atomic mass is 35.5. The van der Waals surface area contributed by atoms with Gasteiger partial charge in [0.25, 0.3) is 5.91 Å². The van der Waals surface area contributed by atoms with Crippen LogP contribution in [-0.2, 0) is 10.8 Å². The van der Waals surface area contributed by atoms with Gasteiger partial charge in [-0.05, 0) is 12.1 Å². The number of aryl methyl sites for hydroxylation is 1. The largest absolute Gasteiger partial charge is 0.433 e. The summed E-state index contributed by atoms with van der Waals surface area (Å²) in [5.41, 5.74) is -0.102. The molecule has 0 aliphatic carbocycles. The van der Waals surface area contributed by atoms with E-state index in [1.54, 1.807) is 0 Å². The molecule has 2 aromatic rings. The Morgan fingerprint density at radius 1 is 1.43 bits per heavy atom. The van der Waals surface area contributed by atoms with Gasteiger partial charge in [0, 0.05) is 13.2 Å². The highest BCUT2D eigenvalue weighted by molar-refractivity contribution is 7.84. The van der Waals surface area contributed by atoms with Gasteiger partial charge in [0.1, 0.15) is 10.6 Å².